The number of halogens is 1. The average Bonchev–Trinajstić information content (AvgIpc) is 2.15. The second kappa shape index (κ2) is 4.13. The first-order valence-electron chi connectivity index (χ1n) is 5.09. The third-order valence-corrected chi connectivity index (χ3v) is 4.43. The second-order valence-corrected chi connectivity index (χ2v) is 6.88. The summed E-state index contributed by atoms with van der Waals surface area (Å²) in [6, 6.07) is 7.77. The number of hydrogen-bond acceptors (Lipinski definition) is 3. The Balaban J connectivity index is 2.44. The van der Waals surface area contributed by atoms with E-state index in [2.05, 4.69) is 15.9 Å². The smallest absolute Gasteiger partial charge is 0.247 e. The SMILES string of the molecule is CS(=O)(=O)OC1(Br)CCCc2ccccc21. The van der Waals surface area contributed by atoms with Crippen molar-refractivity contribution in [2.24, 2.45) is 0 Å². The molecule has 1 aromatic carbocycles. The van der Waals surface area contributed by atoms with Gasteiger partial charge in [0.1, 0.15) is 0 Å². The molecule has 0 radical (unpaired) electrons. The Morgan fingerprint density at radius 2 is 2.06 bits per heavy atom. The minimum Gasteiger partial charge on any atom is -0.247 e. The van der Waals surface area contributed by atoms with Crippen molar-refractivity contribution >= 4 is 26.0 Å². The van der Waals surface area contributed by atoms with Gasteiger partial charge in [0.05, 0.1) is 6.26 Å². The standard InChI is InChI=1S/C11H13BrO3S/c1-16(13,14)15-11(12)8-4-6-9-5-2-3-7-10(9)11/h2-3,5,7H,4,6,8H2,1H3. The molecule has 1 aliphatic carbocycles. The lowest BCUT2D eigenvalue weighted by atomic mass is 9.89. The van der Waals surface area contributed by atoms with Crippen LogP contribution in [0.25, 0.3) is 0 Å². The zero-order chi connectivity index (χ0) is 11.8. The monoisotopic (exact) mass is 304 g/mol. The molecule has 5 heteroatoms. The van der Waals surface area contributed by atoms with E-state index in [1.165, 1.54) is 0 Å². The van der Waals surface area contributed by atoms with E-state index in [1.54, 1.807) is 0 Å². The number of fused-ring (bicyclic) bond motifs is 1. The predicted octanol–water partition coefficient (Wildman–Crippen LogP) is 2.55. The molecule has 0 aromatic heterocycles. The van der Waals surface area contributed by atoms with Crippen LogP contribution in [0.4, 0.5) is 0 Å². The Morgan fingerprint density at radius 1 is 1.38 bits per heavy atom. The Kier molecular flexibility index (Phi) is 3.11. The van der Waals surface area contributed by atoms with E-state index in [1.807, 2.05) is 24.3 Å². The van der Waals surface area contributed by atoms with Crippen LogP contribution < -0.4 is 0 Å². The van der Waals surface area contributed by atoms with Crippen molar-refractivity contribution in [1.82, 2.24) is 0 Å². The highest BCUT2D eigenvalue weighted by Gasteiger charge is 2.37. The van der Waals surface area contributed by atoms with Gasteiger partial charge in [-0.1, -0.05) is 24.3 Å². The Hall–Kier alpha value is -0.390. The zero-order valence-electron chi connectivity index (χ0n) is 8.94. The molecule has 0 fully saturated rings. The maximum atomic E-state index is 11.3. The highest BCUT2D eigenvalue weighted by atomic mass is 79.9. The number of alkyl halides is 1. The quantitative estimate of drug-likeness (QED) is 0.623. The van der Waals surface area contributed by atoms with Crippen molar-refractivity contribution in [1.29, 1.82) is 0 Å². The van der Waals surface area contributed by atoms with Crippen LogP contribution in [0.15, 0.2) is 24.3 Å². The maximum absolute atomic E-state index is 11.3. The molecule has 0 heterocycles. The Bertz CT molecular complexity index is 498. The summed E-state index contributed by atoms with van der Waals surface area (Å²) >= 11 is 3.43. The lowest BCUT2D eigenvalue weighted by Crippen LogP contribution is -2.29. The summed E-state index contributed by atoms with van der Waals surface area (Å²) in [6.07, 6.45) is 3.62. The number of aryl methyl sites for hydroxylation is 1. The Morgan fingerprint density at radius 3 is 2.75 bits per heavy atom. The molecular formula is C11H13BrO3S. The molecule has 1 aromatic rings. The molecule has 1 atom stereocenters. The fraction of sp³-hybridized carbons (Fsp3) is 0.455. The summed E-state index contributed by atoms with van der Waals surface area (Å²) in [7, 11) is -3.47. The van der Waals surface area contributed by atoms with Gasteiger partial charge in [0.25, 0.3) is 10.1 Å². The molecule has 0 bridgehead atoms. The van der Waals surface area contributed by atoms with Gasteiger partial charge in [-0.2, -0.15) is 8.42 Å². The third-order valence-electron chi connectivity index (χ3n) is 2.65. The molecule has 2 rings (SSSR count). The minimum atomic E-state index is -3.47. The van der Waals surface area contributed by atoms with E-state index in [9.17, 15) is 8.42 Å². The van der Waals surface area contributed by atoms with Gasteiger partial charge in [0.2, 0.25) is 0 Å². The first-order chi connectivity index (χ1) is 7.41. The molecule has 0 amide bonds. The molecule has 16 heavy (non-hydrogen) atoms. The van der Waals surface area contributed by atoms with E-state index in [4.69, 9.17) is 4.18 Å². The molecule has 0 aliphatic heterocycles. The van der Waals surface area contributed by atoms with Gasteiger partial charge in [-0.15, -0.1) is 0 Å². The summed E-state index contributed by atoms with van der Waals surface area (Å²) < 4.78 is 26.8. The molecule has 0 saturated heterocycles. The summed E-state index contributed by atoms with van der Waals surface area (Å²) in [6.45, 7) is 0. The van der Waals surface area contributed by atoms with Crippen molar-refractivity contribution < 1.29 is 12.6 Å². The number of rotatable bonds is 2. The van der Waals surface area contributed by atoms with Crippen molar-refractivity contribution in [3.63, 3.8) is 0 Å². The van der Waals surface area contributed by atoms with Crippen LogP contribution in [0.1, 0.15) is 24.0 Å². The van der Waals surface area contributed by atoms with Crippen LogP contribution in [-0.2, 0) is 25.2 Å². The minimum absolute atomic E-state index is 0.664. The van der Waals surface area contributed by atoms with Crippen molar-refractivity contribution in [3.8, 4) is 0 Å². The topological polar surface area (TPSA) is 43.4 Å². The van der Waals surface area contributed by atoms with Crippen LogP contribution >= 0.6 is 15.9 Å². The molecular weight excluding hydrogens is 292 g/mol. The van der Waals surface area contributed by atoms with Gasteiger partial charge in [0, 0.05) is 0 Å². The normalized spacial score (nSPS) is 25.1. The summed E-state index contributed by atoms with van der Waals surface area (Å²) in [5, 5.41) is 0. The molecule has 88 valence electrons. The van der Waals surface area contributed by atoms with Crippen molar-refractivity contribution in [2.45, 2.75) is 23.8 Å². The average molecular weight is 305 g/mol. The Labute approximate surface area is 104 Å². The van der Waals surface area contributed by atoms with E-state index in [0.29, 0.717) is 6.42 Å². The fourth-order valence-corrected chi connectivity index (χ4v) is 4.11. The number of hydrogen-bond donors (Lipinski definition) is 0. The lowest BCUT2D eigenvalue weighted by molar-refractivity contribution is 0.163. The van der Waals surface area contributed by atoms with E-state index >= 15 is 0 Å². The van der Waals surface area contributed by atoms with Gasteiger partial charge in [-0.05, 0) is 46.3 Å². The molecule has 0 spiro atoms. The zero-order valence-corrected chi connectivity index (χ0v) is 11.3. The van der Waals surface area contributed by atoms with Gasteiger partial charge >= 0.3 is 0 Å². The number of benzene rings is 1. The van der Waals surface area contributed by atoms with E-state index in [-0.39, 0.29) is 0 Å². The van der Waals surface area contributed by atoms with E-state index < -0.39 is 14.6 Å². The van der Waals surface area contributed by atoms with Gasteiger partial charge in [-0.25, -0.2) is 4.18 Å². The molecule has 1 unspecified atom stereocenters. The first kappa shape index (κ1) is 12.1. The molecule has 3 nitrogen and oxygen atoms in total. The predicted molar refractivity (Wildman–Crippen MR) is 65.9 cm³/mol. The van der Waals surface area contributed by atoms with Gasteiger partial charge in [0.15, 0.2) is 4.51 Å². The van der Waals surface area contributed by atoms with Crippen LogP contribution in [0.3, 0.4) is 0 Å². The first-order valence-corrected chi connectivity index (χ1v) is 7.70. The van der Waals surface area contributed by atoms with Gasteiger partial charge < -0.3 is 0 Å². The molecule has 0 N–H and O–H groups in total. The highest BCUT2D eigenvalue weighted by molar-refractivity contribution is 9.09. The van der Waals surface area contributed by atoms with Crippen LogP contribution in [-0.4, -0.2) is 14.7 Å². The van der Waals surface area contributed by atoms with Crippen LogP contribution in [0.5, 0.6) is 0 Å². The lowest BCUT2D eigenvalue weighted by Gasteiger charge is -2.32. The van der Waals surface area contributed by atoms with Crippen LogP contribution in [0.2, 0.25) is 0 Å². The van der Waals surface area contributed by atoms with Crippen molar-refractivity contribution in [3.05, 3.63) is 35.4 Å². The largest absolute Gasteiger partial charge is 0.266 e. The highest BCUT2D eigenvalue weighted by Crippen LogP contribution is 2.44. The van der Waals surface area contributed by atoms with Gasteiger partial charge in [-0.3, -0.25) is 0 Å². The maximum Gasteiger partial charge on any atom is 0.266 e. The van der Waals surface area contributed by atoms with Crippen LogP contribution in [0, 0.1) is 0 Å². The van der Waals surface area contributed by atoms with Crippen molar-refractivity contribution in [2.75, 3.05) is 6.26 Å². The van der Waals surface area contributed by atoms with E-state index in [0.717, 1.165) is 30.2 Å². The molecule has 1 aliphatic rings. The third kappa shape index (κ3) is 2.47. The summed E-state index contributed by atoms with van der Waals surface area (Å²) in [5.74, 6) is 0. The summed E-state index contributed by atoms with van der Waals surface area (Å²) in [5.41, 5.74) is 2.07. The molecule has 0 saturated carbocycles. The second-order valence-electron chi connectivity index (χ2n) is 4.03. The fourth-order valence-electron chi connectivity index (χ4n) is 2.07. The summed E-state index contributed by atoms with van der Waals surface area (Å²) in [4.78, 5) is 0.